The number of anilines is 2. The van der Waals surface area contributed by atoms with Gasteiger partial charge < -0.3 is 15.6 Å². The average Bonchev–Trinajstić information content (AvgIpc) is 2.56. The number of alkyl halides is 3. The first-order chi connectivity index (χ1) is 12.2. The van der Waals surface area contributed by atoms with E-state index in [1.165, 1.54) is 24.4 Å². The van der Waals surface area contributed by atoms with Crippen LogP contribution in [-0.4, -0.2) is 22.0 Å². The SMILES string of the molecule is O=C(C[C@@H]1Sc2ccc(C(F)(F)F)cc2NC1=O)Nc1ccc[nH]c1=O. The molecule has 136 valence electrons. The quantitative estimate of drug-likeness (QED) is 0.760. The summed E-state index contributed by atoms with van der Waals surface area (Å²) in [5.41, 5.74) is -1.23. The van der Waals surface area contributed by atoms with Crippen LogP contribution in [0.25, 0.3) is 0 Å². The molecule has 0 fully saturated rings. The fourth-order valence-corrected chi connectivity index (χ4v) is 3.44. The molecule has 3 N–H and O–H groups in total. The van der Waals surface area contributed by atoms with Crippen LogP contribution in [0.15, 0.2) is 46.2 Å². The monoisotopic (exact) mass is 383 g/mol. The number of fused-ring (bicyclic) bond motifs is 1. The summed E-state index contributed by atoms with van der Waals surface area (Å²) in [7, 11) is 0. The lowest BCUT2D eigenvalue weighted by molar-refractivity contribution is -0.137. The topological polar surface area (TPSA) is 91.1 Å². The van der Waals surface area contributed by atoms with E-state index in [9.17, 15) is 27.6 Å². The van der Waals surface area contributed by atoms with Crippen molar-refractivity contribution in [3.8, 4) is 0 Å². The van der Waals surface area contributed by atoms with Crippen molar-refractivity contribution in [2.24, 2.45) is 0 Å². The maximum Gasteiger partial charge on any atom is 0.416 e. The lowest BCUT2D eigenvalue weighted by Gasteiger charge is -2.24. The molecule has 1 aromatic heterocycles. The molecule has 2 aromatic rings. The smallest absolute Gasteiger partial charge is 0.327 e. The van der Waals surface area contributed by atoms with Crippen LogP contribution in [0.1, 0.15) is 12.0 Å². The minimum absolute atomic E-state index is 0.0499. The van der Waals surface area contributed by atoms with Crippen molar-refractivity contribution in [3.05, 3.63) is 52.4 Å². The zero-order valence-corrected chi connectivity index (χ0v) is 13.8. The van der Waals surface area contributed by atoms with Crippen LogP contribution in [0.4, 0.5) is 24.5 Å². The molecule has 0 radical (unpaired) electrons. The zero-order valence-electron chi connectivity index (χ0n) is 13.0. The van der Waals surface area contributed by atoms with E-state index in [1.54, 1.807) is 0 Å². The summed E-state index contributed by atoms with van der Waals surface area (Å²) >= 11 is 1.00. The Bertz CT molecular complexity index is 927. The van der Waals surface area contributed by atoms with Crippen LogP contribution >= 0.6 is 11.8 Å². The number of hydrogen-bond acceptors (Lipinski definition) is 4. The fourth-order valence-electron chi connectivity index (χ4n) is 2.35. The number of carbonyl (C=O) groups excluding carboxylic acids is 2. The minimum atomic E-state index is -4.51. The molecule has 2 amide bonds. The predicted octanol–water partition coefficient (Wildman–Crippen LogP) is 2.84. The largest absolute Gasteiger partial charge is 0.416 e. The molecule has 0 aliphatic carbocycles. The number of carbonyl (C=O) groups is 2. The van der Waals surface area contributed by atoms with Gasteiger partial charge >= 0.3 is 6.18 Å². The number of hydrogen-bond donors (Lipinski definition) is 3. The molecule has 3 rings (SSSR count). The summed E-state index contributed by atoms with van der Waals surface area (Å²) in [5.74, 6) is -1.12. The Kier molecular flexibility index (Phi) is 4.77. The molecular weight excluding hydrogens is 371 g/mol. The highest BCUT2D eigenvalue weighted by atomic mass is 32.2. The number of pyridine rings is 1. The molecule has 26 heavy (non-hydrogen) atoms. The number of halogens is 3. The molecule has 2 heterocycles. The Hall–Kier alpha value is -2.75. The fraction of sp³-hybridized carbons (Fsp3) is 0.188. The third-order valence-electron chi connectivity index (χ3n) is 3.59. The van der Waals surface area contributed by atoms with Gasteiger partial charge in [0.2, 0.25) is 11.8 Å². The van der Waals surface area contributed by atoms with Gasteiger partial charge in [0.15, 0.2) is 0 Å². The van der Waals surface area contributed by atoms with Crippen LogP contribution in [-0.2, 0) is 15.8 Å². The summed E-state index contributed by atoms with van der Waals surface area (Å²) in [5, 5.41) is 3.98. The Morgan fingerprint density at radius 1 is 1.23 bits per heavy atom. The van der Waals surface area contributed by atoms with Crippen LogP contribution in [0.3, 0.4) is 0 Å². The number of thioether (sulfide) groups is 1. The third-order valence-corrected chi connectivity index (χ3v) is 4.86. The predicted molar refractivity (Wildman–Crippen MR) is 90.0 cm³/mol. The second-order valence-electron chi connectivity index (χ2n) is 5.47. The molecular formula is C16H12F3N3O3S. The molecule has 0 saturated heterocycles. The maximum absolute atomic E-state index is 12.7. The summed E-state index contributed by atoms with van der Waals surface area (Å²) in [6, 6.07) is 5.99. The highest BCUT2D eigenvalue weighted by Crippen LogP contribution is 2.40. The van der Waals surface area contributed by atoms with Gasteiger partial charge in [-0.05, 0) is 30.3 Å². The molecule has 0 spiro atoms. The van der Waals surface area contributed by atoms with Crippen molar-refractivity contribution in [3.63, 3.8) is 0 Å². The van der Waals surface area contributed by atoms with Crippen LogP contribution < -0.4 is 16.2 Å². The first-order valence-electron chi connectivity index (χ1n) is 7.40. The third kappa shape index (κ3) is 3.90. The Labute approximate surface area is 149 Å². The molecule has 1 aliphatic heterocycles. The van der Waals surface area contributed by atoms with Gasteiger partial charge in [0.05, 0.1) is 16.5 Å². The lowest BCUT2D eigenvalue weighted by atomic mass is 10.1. The van der Waals surface area contributed by atoms with Crippen LogP contribution in [0.5, 0.6) is 0 Å². The van der Waals surface area contributed by atoms with Crippen molar-refractivity contribution < 1.29 is 22.8 Å². The van der Waals surface area contributed by atoms with Crippen LogP contribution in [0, 0.1) is 0 Å². The number of H-pyrrole nitrogens is 1. The van der Waals surface area contributed by atoms with Gasteiger partial charge in [0.25, 0.3) is 5.56 Å². The molecule has 1 aromatic carbocycles. The first kappa shape index (κ1) is 18.1. The maximum atomic E-state index is 12.7. The van der Waals surface area contributed by atoms with E-state index < -0.39 is 34.4 Å². The molecule has 0 saturated carbocycles. The van der Waals surface area contributed by atoms with E-state index >= 15 is 0 Å². The van der Waals surface area contributed by atoms with Gasteiger partial charge in [0.1, 0.15) is 5.69 Å². The molecule has 1 aliphatic rings. The van der Waals surface area contributed by atoms with Crippen molar-refractivity contribution in [1.82, 2.24) is 4.98 Å². The second-order valence-corrected chi connectivity index (χ2v) is 6.71. The highest BCUT2D eigenvalue weighted by molar-refractivity contribution is 8.01. The van der Waals surface area contributed by atoms with Crippen molar-refractivity contribution in [2.45, 2.75) is 22.7 Å². The number of benzene rings is 1. The van der Waals surface area contributed by atoms with Gasteiger partial charge in [-0.1, -0.05) is 0 Å². The number of nitrogens with one attached hydrogen (secondary N) is 3. The van der Waals surface area contributed by atoms with Crippen molar-refractivity contribution in [2.75, 3.05) is 10.6 Å². The second kappa shape index (κ2) is 6.87. The molecule has 0 bridgehead atoms. The van der Waals surface area contributed by atoms with E-state index in [2.05, 4.69) is 15.6 Å². The molecule has 1 atom stereocenters. The van der Waals surface area contributed by atoms with E-state index in [-0.39, 0.29) is 17.8 Å². The van der Waals surface area contributed by atoms with Crippen molar-refractivity contribution in [1.29, 1.82) is 0 Å². The van der Waals surface area contributed by atoms with Gasteiger partial charge in [-0.25, -0.2) is 0 Å². The van der Waals surface area contributed by atoms with Crippen LogP contribution in [0.2, 0.25) is 0 Å². The van der Waals surface area contributed by atoms with E-state index in [0.717, 1.165) is 23.9 Å². The first-order valence-corrected chi connectivity index (χ1v) is 8.28. The standard InChI is InChI=1S/C16H12F3N3O3S/c17-16(18,19)8-3-4-11-10(6-8)22-15(25)12(26-11)7-13(23)21-9-2-1-5-20-14(9)24/h1-6,12H,7H2,(H,20,24)(H,21,23)(H,22,25)/t12-/m0/s1. The number of aromatic amines is 1. The van der Waals surface area contributed by atoms with E-state index in [1.807, 2.05) is 0 Å². The summed E-state index contributed by atoms with van der Waals surface area (Å²) < 4.78 is 38.2. The van der Waals surface area contributed by atoms with Crippen molar-refractivity contribution >= 4 is 35.0 Å². The zero-order chi connectivity index (χ0) is 18.9. The normalized spacial score (nSPS) is 16.6. The van der Waals surface area contributed by atoms with E-state index in [4.69, 9.17) is 0 Å². The Morgan fingerprint density at radius 3 is 2.69 bits per heavy atom. The number of aromatic nitrogens is 1. The Morgan fingerprint density at radius 2 is 2.00 bits per heavy atom. The van der Waals surface area contributed by atoms with Gasteiger partial charge in [-0.3, -0.25) is 14.4 Å². The minimum Gasteiger partial charge on any atom is -0.327 e. The summed E-state index contributed by atoms with van der Waals surface area (Å²) in [4.78, 5) is 38.6. The Balaban J connectivity index is 1.71. The number of rotatable bonds is 3. The highest BCUT2D eigenvalue weighted by Gasteiger charge is 2.34. The van der Waals surface area contributed by atoms with E-state index in [0.29, 0.717) is 4.90 Å². The summed E-state index contributed by atoms with van der Waals surface area (Å²) in [6.07, 6.45) is -3.33. The van der Waals surface area contributed by atoms with Gasteiger partial charge in [-0.2, -0.15) is 13.2 Å². The summed E-state index contributed by atoms with van der Waals surface area (Å²) in [6.45, 7) is 0. The molecule has 0 unspecified atom stereocenters. The van der Waals surface area contributed by atoms with Gasteiger partial charge in [-0.15, -0.1) is 11.8 Å². The molecule has 10 heteroatoms. The average molecular weight is 383 g/mol. The van der Waals surface area contributed by atoms with Gasteiger partial charge in [0, 0.05) is 17.5 Å². The lowest BCUT2D eigenvalue weighted by Crippen LogP contribution is -2.33. The number of amides is 2. The molecule has 6 nitrogen and oxygen atoms in total.